The molecule has 1 saturated carbocycles. The summed E-state index contributed by atoms with van der Waals surface area (Å²) in [5.41, 5.74) is 1.71. The monoisotopic (exact) mass is 809 g/mol. The van der Waals surface area contributed by atoms with E-state index in [2.05, 4.69) is 6.92 Å². The van der Waals surface area contributed by atoms with Gasteiger partial charge in [-0.2, -0.15) is 0 Å². The smallest absolute Gasteiger partial charge is 0.329 e. The first-order valence-electron chi connectivity index (χ1n) is 20.7. The molecule has 3 aliphatic heterocycles. The molecule has 318 valence electrons. The van der Waals surface area contributed by atoms with E-state index in [4.69, 9.17) is 35.3 Å². The molecule has 14 atom stereocenters. The van der Waals surface area contributed by atoms with Crippen molar-refractivity contribution in [3.8, 4) is 0 Å². The van der Waals surface area contributed by atoms with Crippen molar-refractivity contribution in [3.63, 3.8) is 0 Å². The highest BCUT2D eigenvalue weighted by Gasteiger charge is 2.56. The summed E-state index contributed by atoms with van der Waals surface area (Å²) in [6, 6.07) is -1.12. The van der Waals surface area contributed by atoms with Crippen LogP contribution in [0.15, 0.2) is 23.3 Å². The van der Waals surface area contributed by atoms with E-state index in [0.29, 0.717) is 44.1 Å². The zero-order valence-electron chi connectivity index (χ0n) is 35.0. The van der Waals surface area contributed by atoms with Crippen LogP contribution in [0.2, 0.25) is 0 Å². The molecule has 3 heterocycles. The van der Waals surface area contributed by atoms with Gasteiger partial charge >= 0.3 is 5.97 Å². The molecule has 1 unspecified atom stereocenters. The number of hydrogen-bond acceptors (Lipinski definition) is 11. The number of nitrogens with zero attached hydrogens (tertiary/aromatic N) is 1. The van der Waals surface area contributed by atoms with Gasteiger partial charge in [-0.15, -0.1) is 11.6 Å². The largest absolute Gasteiger partial charge is 0.456 e. The number of hydrogen-bond donors (Lipinski definition) is 2. The molecular weight excluding hydrogens is 742 g/mol. The molecule has 3 fully saturated rings. The Labute approximate surface area is 339 Å². The second-order valence-electron chi connectivity index (χ2n) is 17.1. The maximum Gasteiger partial charge on any atom is 0.329 e. The van der Waals surface area contributed by atoms with Gasteiger partial charge in [0, 0.05) is 52.0 Å². The topological polar surface area (TPSA) is 158 Å². The molecule has 0 aromatic rings. The third kappa shape index (κ3) is 10.9. The fraction of sp³-hybridized carbons (Fsp3) is 0.814. The van der Waals surface area contributed by atoms with Crippen LogP contribution in [-0.4, -0.2) is 120 Å². The first-order chi connectivity index (χ1) is 26.5. The molecule has 2 bridgehead atoms. The van der Waals surface area contributed by atoms with E-state index >= 15 is 0 Å². The predicted octanol–water partition coefficient (Wildman–Crippen LogP) is 5.72. The molecule has 12 nitrogen and oxygen atoms in total. The first kappa shape index (κ1) is 46.5. The van der Waals surface area contributed by atoms with E-state index in [1.807, 2.05) is 32.9 Å². The predicted molar refractivity (Wildman–Crippen MR) is 212 cm³/mol. The van der Waals surface area contributed by atoms with E-state index < -0.39 is 77.8 Å². The van der Waals surface area contributed by atoms with Crippen LogP contribution in [0, 0.1) is 29.6 Å². The van der Waals surface area contributed by atoms with E-state index in [1.165, 1.54) is 19.1 Å². The summed E-state index contributed by atoms with van der Waals surface area (Å²) in [6.07, 6.45) is 5.16. The molecule has 0 aromatic carbocycles. The van der Waals surface area contributed by atoms with Crippen molar-refractivity contribution in [1.29, 1.82) is 0 Å². The second kappa shape index (κ2) is 20.7. The van der Waals surface area contributed by atoms with Crippen LogP contribution in [0.1, 0.15) is 112 Å². The SMILES string of the molecule is CC[C@@H]1/C=C(\C)C[C@H](C)C[C@H](OC)C2O[C@@](O)(C(=O)C(=O)N3CCCC[C@H]3C(=O)O[C@H](/C(C)=C/[C@@H]3CC[C@H](Cl)[C@H](OC)C3)[C@H](C)[C@@H](O)CC1=O)[C@H](C)C[C@@H]2OC. The number of rotatable bonds is 6. The van der Waals surface area contributed by atoms with Gasteiger partial charge in [-0.05, 0) is 95.5 Å². The zero-order valence-corrected chi connectivity index (χ0v) is 35.8. The number of amides is 1. The standard InChI is InChI=1S/C43H68ClNO11/c1-10-30-18-24(2)17-25(3)19-36(53-8)39-37(54-9)21-27(5)43(51,56-39)40(48)41(49)45-16-12-11-13-32(45)42(50)55-38(28(6)33(46)23-34(30)47)26(4)20-29-14-15-31(44)35(22-29)52-7/h18,20,25,27-33,35-39,46,51H,10-17,19,21-23H2,1-9H3/b24-18+,26-20+/t25-,27+,28+,29-,30+,31-,32-,33-,35+,36-,37-,38+,39?,43+/m0/s1. The van der Waals surface area contributed by atoms with Gasteiger partial charge in [0.1, 0.15) is 24.0 Å². The highest BCUT2D eigenvalue weighted by atomic mass is 35.5. The number of esters is 1. The number of alkyl halides is 1. The zero-order chi connectivity index (χ0) is 41.5. The van der Waals surface area contributed by atoms with E-state index in [1.54, 1.807) is 21.0 Å². The number of cyclic esters (lactones) is 1. The van der Waals surface area contributed by atoms with Crippen molar-refractivity contribution in [1.82, 2.24) is 4.90 Å². The number of aliphatic hydroxyl groups excluding tert-OH is 1. The Morgan fingerprint density at radius 1 is 0.964 bits per heavy atom. The number of ether oxygens (including phenoxy) is 5. The lowest BCUT2D eigenvalue weighted by Gasteiger charge is -2.47. The van der Waals surface area contributed by atoms with Gasteiger partial charge in [-0.25, -0.2) is 4.79 Å². The first-order valence-corrected chi connectivity index (χ1v) is 21.2. The minimum atomic E-state index is -2.49. The van der Waals surface area contributed by atoms with E-state index in [9.17, 15) is 29.4 Å². The average Bonchev–Trinajstić information content (AvgIpc) is 3.18. The summed E-state index contributed by atoms with van der Waals surface area (Å²) in [4.78, 5) is 57.7. The third-order valence-corrected chi connectivity index (χ3v) is 13.3. The number of piperidine rings is 1. The Bertz CT molecular complexity index is 1440. The highest BCUT2D eigenvalue weighted by Crippen LogP contribution is 2.39. The van der Waals surface area contributed by atoms with Gasteiger partial charge in [0.15, 0.2) is 0 Å². The van der Waals surface area contributed by atoms with Crippen LogP contribution >= 0.6 is 11.6 Å². The number of halogens is 1. The van der Waals surface area contributed by atoms with Crippen LogP contribution in [0.25, 0.3) is 0 Å². The lowest BCUT2D eigenvalue weighted by atomic mass is 9.82. The van der Waals surface area contributed by atoms with E-state index in [-0.39, 0.29) is 54.9 Å². The summed E-state index contributed by atoms with van der Waals surface area (Å²) in [6.45, 7) is 11.3. The van der Waals surface area contributed by atoms with Gasteiger partial charge in [0.05, 0.1) is 29.8 Å². The number of carbonyl (C=O) groups excluding carboxylic acids is 4. The molecular formula is C43H68ClNO11. The summed E-state index contributed by atoms with van der Waals surface area (Å²) in [5.74, 6) is -7.31. The van der Waals surface area contributed by atoms with Crippen molar-refractivity contribution < 1.29 is 53.1 Å². The quantitative estimate of drug-likeness (QED) is 0.146. The molecule has 4 aliphatic rings. The second-order valence-corrected chi connectivity index (χ2v) is 17.7. The Morgan fingerprint density at radius 3 is 2.27 bits per heavy atom. The molecule has 0 spiro atoms. The maximum atomic E-state index is 14.3. The minimum absolute atomic E-state index is 0.0425. The number of allylic oxidation sites excluding steroid dienone is 3. The van der Waals surface area contributed by atoms with Gasteiger partial charge < -0.3 is 38.8 Å². The number of fused-ring (bicyclic) bond motifs is 3. The Hall–Kier alpha value is -2.19. The normalized spacial score (nSPS) is 41.6. The maximum absolute atomic E-state index is 14.3. The molecule has 2 saturated heterocycles. The van der Waals surface area contributed by atoms with Gasteiger partial charge in [0.25, 0.3) is 11.7 Å². The van der Waals surface area contributed by atoms with Crippen LogP contribution in [-0.2, 0) is 42.9 Å². The van der Waals surface area contributed by atoms with Crippen LogP contribution in [0.3, 0.4) is 0 Å². The third-order valence-electron chi connectivity index (χ3n) is 12.8. The van der Waals surface area contributed by atoms with Gasteiger partial charge in [-0.3, -0.25) is 14.4 Å². The van der Waals surface area contributed by atoms with Crippen molar-refractivity contribution in [3.05, 3.63) is 23.3 Å². The number of Topliss-reactive ketones (excluding diaryl/α,β-unsaturated/α-hetero) is 2. The van der Waals surface area contributed by atoms with Gasteiger partial charge in [-0.1, -0.05) is 45.4 Å². The highest BCUT2D eigenvalue weighted by molar-refractivity contribution is 6.39. The Kier molecular flexibility index (Phi) is 17.2. The van der Waals surface area contributed by atoms with Crippen molar-refractivity contribution in [2.24, 2.45) is 29.6 Å². The number of carbonyl (C=O) groups is 4. The van der Waals surface area contributed by atoms with Gasteiger partial charge in [0.2, 0.25) is 5.79 Å². The number of aliphatic hydroxyl groups is 2. The summed E-state index contributed by atoms with van der Waals surface area (Å²) >= 11 is 6.52. The molecule has 1 amide bonds. The summed E-state index contributed by atoms with van der Waals surface area (Å²) in [5, 5.41) is 23.6. The summed E-state index contributed by atoms with van der Waals surface area (Å²) < 4.78 is 29.9. The Balaban J connectivity index is 1.76. The fourth-order valence-corrected chi connectivity index (χ4v) is 9.69. The van der Waals surface area contributed by atoms with Crippen molar-refractivity contribution in [2.45, 2.75) is 166 Å². The Morgan fingerprint density at radius 2 is 1.62 bits per heavy atom. The molecule has 13 heteroatoms. The average molecular weight is 810 g/mol. The molecule has 2 N–H and O–H groups in total. The fourth-order valence-electron chi connectivity index (χ4n) is 9.36. The van der Waals surface area contributed by atoms with E-state index in [0.717, 1.165) is 18.4 Å². The molecule has 0 aromatic heterocycles. The molecule has 1 aliphatic carbocycles. The lowest BCUT2D eigenvalue weighted by molar-refractivity contribution is -0.302. The molecule has 4 rings (SSSR count). The summed E-state index contributed by atoms with van der Waals surface area (Å²) in [7, 11) is 4.71. The van der Waals surface area contributed by atoms with Crippen molar-refractivity contribution >= 4 is 35.0 Å². The number of methoxy groups -OCH3 is 3. The molecule has 56 heavy (non-hydrogen) atoms. The number of ketones is 2. The lowest BCUT2D eigenvalue weighted by Crippen LogP contribution is -2.64. The van der Waals surface area contributed by atoms with Crippen LogP contribution in [0.5, 0.6) is 0 Å². The van der Waals surface area contributed by atoms with Crippen LogP contribution in [0.4, 0.5) is 0 Å². The molecule has 0 radical (unpaired) electrons. The van der Waals surface area contributed by atoms with Crippen LogP contribution < -0.4 is 0 Å². The van der Waals surface area contributed by atoms with Crippen molar-refractivity contribution in [2.75, 3.05) is 27.9 Å². The minimum Gasteiger partial charge on any atom is -0.456 e.